The molecule has 0 saturated heterocycles. The molecule has 0 bridgehead atoms. The molecule has 1 heterocycles. The zero-order valence-corrected chi connectivity index (χ0v) is 11.8. The fraction of sp³-hybridized carbons (Fsp3) is 0.545. The number of rotatable bonds is 5. The summed E-state index contributed by atoms with van der Waals surface area (Å²) in [7, 11) is -3.68. The molecule has 0 spiro atoms. The highest BCUT2D eigenvalue weighted by molar-refractivity contribution is 7.89. The van der Waals surface area contributed by atoms with E-state index >= 15 is 0 Å². The molecule has 100 valence electrons. The number of aliphatic carboxylic acids is 1. The second-order valence-corrected chi connectivity index (χ2v) is 7.77. The lowest BCUT2D eigenvalue weighted by molar-refractivity contribution is -0.137. The first-order valence-electron chi connectivity index (χ1n) is 5.63. The Kier molecular flexibility index (Phi) is 3.48. The van der Waals surface area contributed by atoms with Gasteiger partial charge in [-0.2, -0.15) is 4.31 Å². The number of carboxylic acids is 1. The Morgan fingerprint density at radius 2 is 2.11 bits per heavy atom. The normalized spacial score (nSPS) is 16.2. The van der Waals surface area contributed by atoms with Gasteiger partial charge in [0.25, 0.3) is 0 Å². The van der Waals surface area contributed by atoms with Crippen LogP contribution in [0.15, 0.2) is 11.0 Å². The van der Waals surface area contributed by atoms with Gasteiger partial charge in [-0.3, -0.25) is 4.79 Å². The summed E-state index contributed by atoms with van der Waals surface area (Å²) < 4.78 is 26.0. The second kappa shape index (κ2) is 4.64. The number of hydrogen-bond donors (Lipinski definition) is 1. The molecule has 1 aromatic rings. The molecule has 1 aliphatic rings. The molecular weight excluding hydrogens is 274 g/mol. The van der Waals surface area contributed by atoms with Crippen molar-refractivity contribution in [2.24, 2.45) is 0 Å². The van der Waals surface area contributed by atoms with Gasteiger partial charge in [0, 0.05) is 15.8 Å². The Morgan fingerprint density at radius 3 is 2.50 bits per heavy atom. The molecule has 1 fully saturated rings. The number of hydrogen-bond acceptors (Lipinski definition) is 4. The van der Waals surface area contributed by atoms with Gasteiger partial charge >= 0.3 is 5.97 Å². The highest BCUT2D eigenvalue weighted by atomic mass is 32.2. The number of carboxylic acid groups (broad SMARTS) is 1. The predicted octanol–water partition coefficient (Wildman–Crippen LogP) is 1.60. The van der Waals surface area contributed by atoms with Crippen LogP contribution in [0.3, 0.4) is 0 Å². The summed E-state index contributed by atoms with van der Waals surface area (Å²) in [5, 5.41) is 8.84. The lowest BCUT2D eigenvalue weighted by Gasteiger charge is -2.19. The van der Waals surface area contributed by atoms with E-state index < -0.39 is 22.5 Å². The van der Waals surface area contributed by atoms with Crippen LogP contribution in [-0.2, 0) is 14.8 Å². The number of thiophene rings is 1. The number of carbonyl (C=O) groups is 1. The van der Waals surface area contributed by atoms with Crippen LogP contribution >= 0.6 is 11.3 Å². The maximum atomic E-state index is 12.5. The summed E-state index contributed by atoms with van der Waals surface area (Å²) in [6.45, 7) is 3.13. The first kappa shape index (κ1) is 13.5. The fourth-order valence-electron chi connectivity index (χ4n) is 1.90. The fourth-order valence-corrected chi connectivity index (χ4v) is 5.06. The molecule has 0 aliphatic heterocycles. The average Bonchev–Trinajstić information content (AvgIpc) is 3.00. The van der Waals surface area contributed by atoms with Gasteiger partial charge in [0.05, 0.1) is 4.90 Å². The standard InChI is InChI=1S/C11H15NO4S2/c1-7-5-10(8(2)17-7)18(15,16)12(6-11(13)14)9-3-4-9/h5,9H,3-4,6H2,1-2H3,(H,13,14). The Bertz CT molecular complexity index is 572. The third-order valence-corrected chi connectivity index (χ3v) is 5.95. The van der Waals surface area contributed by atoms with Crippen molar-refractivity contribution in [2.45, 2.75) is 37.6 Å². The van der Waals surface area contributed by atoms with E-state index in [1.807, 2.05) is 6.92 Å². The number of sulfonamides is 1. The van der Waals surface area contributed by atoms with Crippen molar-refractivity contribution in [3.8, 4) is 0 Å². The molecule has 0 atom stereocenters. The molecule has 1 aliphatic carbocycles. The molecule has 0 unspecified atom stereocenters. The number of aryl methyl sites for hydroxylation is 2. The van der Waals surface area contributed by atoms with Crippen LogP contribution in [0.25, 0.3) is 0 Å². The molecule has 0 aromatic carbocycles. The summed E-state index contributed by atoms with van der Waals surface area (Å²) in [4.78, 5) is 12.7. The Balaban J connectivity index is 2.39. The van der Waals surface area contributed by atoms with Crippen LogP contribution in [0, 0.1) is 13.8 Å². The lowest BCUT2D eigenvalue weighted by atomic mass is 10.4. The third-order valence-electron chi connectivity index (χ3n) is 2.83. The highest BCUT2D eigenvalue weighted by Gasteiger charge is 2.40. The van der Waals surface area contributed by atoms with Gasteiger partial charge in [0.2, 0.25) is 10.0 Å². The van der Waals surface area contributed by atoms with E-state index in [0.717, 1.165) is 22.0 Å². The molecular formula is C11H15NO4S2. The van der Waals surface area contributed by atoms with Crippen molar-refractivity contribution in [1.82, 2.24) is 4.31 Å². The van der Waals surface area contributed by atoms with Crippen molar-refractivity contribution in [2.75, 3.05) is 6.54 Å². The zero-order valence-electron chi connectivity index (χ0n) is 10.2. The van der Waals surface area contributed by atoms with Gasteiger partial charge in [0.1, 0.15) is 6.54 Å². The smallest absolute Gasteiger partial charge is 0.318 e. The van der Waals surface area contributed by atoms with Crippen molar-refractivity contribution >= 4 is 27.3 Å². The van der Waals surface area contributed by atoms with Gasteiger partial charge < -0.3 is 5.11 Å². The Labute approximate surface area is 110 Å². The lowest BCUT2D eigenvalue weighted by Crippen LogP contribution is -2.37. The molecule has 0 radical (unpaired) electrons. The van der Waals surface area contributed by atoms with Crippen molar-refractivity contribution < 1.29 is 18.3 Å². The molecule has 18 heavy (non-hydrogen) atoms. The third kappa shape index (κ3) is 2.57. The van der Waals surface area contributed by atoms with Gasteiger partial charge in [-0.05, 0) is 32.8 Å². The minimum atomic E-state index is -3.68. The largest absolute Gasteiger partial charge is 0.480 e. The molecule has 1 N–H and O–H groups in total. The van der Waals surface area contributed by atoms with Crippen LogP contribution in [0.2, 0.25) is 0 Å². The van der Waals surface area contributed by atoms with Gasteiger partial charge in [-0.15, -0.1) is 11.3 Å². The van der Waals surface area contributed by atoms with Crippen LogP contribution in [0.4, 0.5) is 0 Å². The SMILES string of the molecule is Cc1cc(S(=O)(=O)N(CC(=O)O)C2CC2)c(C)s1. The van der Waals surface area contributed by atoms with Gasteiger partial charge in [-0.1, -0.05) is 0 Å². The van der Waals surface area contributed by atoms with E-state index in [2.05, 4.69) is 0 Å². The Hall–Kier alpha value is -0.920. The van der Waals surface area contributed by atoms with E-state index in [1.165, 1.54) is 11.3 Å². The van der Waals surface area contributed by atoms with Crippen molar-refractivity contribution in [3.63, 3.8) is 0 Å². The first-order chi connectivity index (χ1) is 8.32. The zero-order chi connectivity index (χ0) is 13.5. The summed E-state index contributed by atoms with van der Waals surface area (Å²) in [5.41, 5.74) is 0. The minimum Gasteiger partial charge on any atom is -0.480 e. The van der Waals surface area contributed by atoms with Crippen LogP contribution in [-0.4, -0.2) is 36.4 Å². The Morgan fingerprint density at radius 1 is 1.50 bits per heavy atom. The van der Waals surface area contributed by atoms with Gasteiger partial charge in [0.15, 0.2) is 0 Å². The summed E-state index contributed by atoms with van der Waals surface area (Å²) in [6, 6.07) is 1.47. The van der Waals surface area contributed by atoms with Crippen LogP contribution < -0.4 is 0 Å². The van der Waals surface area contributed by atoms with Crippen molar-refractivity contribution in [3.05, 3.63) is 15.8 Å². The first-order valence-corrected chi connectivity index (χ1v) is 7.88. The highest BCUT2D eigenvalue weighted by Crippen LogP contribution is 2.34. The summed E-state index contributed by atoms with van der Waals surface area (Å²) in [6.07, 6.45) is 1.49. The molecule has 7 heteroatoms. The predicted molar refractivity (Wildman–Crippen MR) is 68.3 cm³/mol. The van der Waals surface area contributed by atoms with E-state index in [-0.39, 0.29) is 10.9 Å². The quantitative estimate of drug-likeness (QED) is 0.893. The average molecular weight is 289 g/mol. The second-order valence-electron chi connectivity index (χ2n) is 4.45. The molecule has 0 amide bonds. The maximum absolute atomic E-state index is 12.5. The number of nitrogens with zero attached hydrogens (tertiary/aromatic N) is 1. The van der Waals surface area contributed by atoms with E-state index in [9.17, 15) is 13.2 Å². The van der Waals surface area contributed by atoms with Crippen molar-refractivity contribution in [1.29, 1.82) is 0 Å². The summed E-state index contributed by atoms with van der Waals surface area (Å²) in [5.74, 6) is -1.12. The van der Waals surface area contributed by atoms with Gasteiger partial charge in [-0.25, -0.2) is 8.42 Å². The monoisotopic (exact) mass is 289 g/mol. The van der Waals surface area contributed by atoms with E-state index in [4.69, 9.17) is 5.11 Å². The van der Waals surface area contributed by atoms with Crippen LogP contribution in [0.1, 0.15) is 22.6 Å². The minimum absolute atomic E-state index is 0.147. The molecule has 2 rings (SSSR count). The molecule has 1 aromatic heterocycles. The van der Waals surface area contributed by atoms with E-state index in [0.29, 0.717) is 4.88 Å². The molecule has 1 saturated carbocycles. The van der Waals surface area contributed by atoms with Crippen LogP contribution in [0.5, 0.6) is 0 Å². The summed E-state index contributed by atoms with van der Waals surface area (Å²) >= 11 is 1.41. The van der Waals surface area contributed by atoms with E-state index in [1.54, 1.807) is 13.0 Å². The maximum Gasteiger partial charge on any atom is 0.318 e. The molecule has 5 nitrogen and oxygen atoms in total. The topological polar surface area (TPSA) is 74.7 Å².